The van der Waals surface area contributed by atoms with E-state index >= 15 is 0 Å². The van der Waals surface area contributed by atoms with Crippen LogP contribution in [0.25, 0.3) is 11.0 Å². The third-order valence-electron chi connectivity index (χ3n) is 4.60. The Morgan fingerprint density at radius 2 is 2.15 bits per heavy atom. The van der Waals surface area contributed by atoms with E-state index in [2.05, 4.69) is 24.8 Å². The van der Waals surface area contributed by atoms with Crippen LogP contribution >= 0.6 is 0 Å². The molecule has 1 aromatic heterocycles. The smallest absolute Gasteiger partial charge is 0.134 e. The molecular formula is C17H24N2O. The van der Waals surface area contributed by atoms with E-state index in [1.807, 2.05) is 18.2 Å². The Morgan fingerprint density at radius 1 is 1.35 bits per heavy atom. The van der Waals surface area contributed by atoms with Crippen LogP contribution in [0.5, 0.6) is 0 Å². The molecule has 1 saturated heterocycles. The van der Waals surface area contributed by atoms with Crippen molar-refractivity contribution < 1.29 is 4.42 Å². The predicted molar refractivity (Wildman–Crippen MR) is 82.3 cm³/mol. The quantitative estimate of drug-likeness (QED) is 0.928. The zero-order valence-electron chi connectivity index (χ0n) is 12.4. The minimum Gasteiger partial charge on any atom is -0.459 e. The van der Waals surface area contributed by atoms with Crippen molar-refractivity contribution in [2.75, 3.05) is 13.1 Å². The van der Waals surface area contributed by atoms with Crippen molar-refractivity contribution in [3.8, 4) is 0 Å². The maximum absolute atomic E-state index is 6.03. The summed E-state index contributed by atoms with van der Waals surface area (Å²) in [5.74, 6) is 2.64. The van der Waals surface area contributed by atoms with E-state index in [0.29, 0.717) is 6.54 Å². The monoisotopic (exact) mass is 272 g/mol. The number of rotatable bonds is 4. The Bertz CT molecular complexity index is 588. The normalized spacial score (nSPS) is 20.3. The first-order chi connectivity index (χ1) is 9.69. The van der Waals surface area contributed by atoms with Crippen molar-refractivity contribution in [2.45, 2.75) is 33.4 Å². The molecule has 1 aliphatic heterocycles. The summed E-state index contributed by atoms with van der Waals surface area (Å²) in [5, 5.41) is 1.17. The number of hydrogen-bond donors (Lipinski definition) is 1. The SMILES string of the molecule is CC(C)C1CCN(Cc2oc3ccccc3c2CN)C1. The maximum atomic E-state index is 6.03. The second-order valence-electron chi connectivity index (χ2n) is 6.23. The van der Waals surface area contributed by atoms with Crippen LogP contribution in [0, 0.1) is 11.8 Å². The molecule has 0 saturated carbocycles. The average molecular weight is 272 g/mol. The molecule has 20 heavy (non-hydrogen) atoms. The molecule has 0 radical (unpaired) electrons. The van der Waals surface area contributed by atoms with Gasteiger partial charge in [0.05, 0.1) is 6.54 Å². The first kappa shape index (κ1) is 13.7. The number of fused-ring (bicyclic) bond motifs is 1. The molecule has 0 amide bonds. The lowest BCUT2D eigenvalue weighted by molar-refractivity contribution is 0.275. The van der Waals surface area contributed by atoms with Gasteiger partial charge >= 0.3 is 0 Å². The van der Waals surface area contributed by atoms with Gasteiger partial charge < -0.3 is 10.2 Å². The standard InChI is InChI=1S/C17H24N2O/c1-12(2)13-7-8-19(10-13)11-17-15(9-18)14-5-3-4-6-16(14)20-17/h3-6,12-13H,7-11,18H2,1-2H3. The molecule has 0 aliphatic carbocycles. The molecule has 2 heterocycles. The van der Waals surface area contributed by atoms with Crippen molar-refractivity contribution in [3.63, 3.8) is 0 Å². The average Bonchev–Trinajstić information content (AvgIpc) is 3.02. The highest BCUT2D eigenvalue weighted by Crippen LogP contribution is 2.29. The highest BCUT2D eigenvalue weighted by atomic mass is 16.3. The van der Waals surface area contributed by atoms with E-state index in [9.17, 15) is 0 Å². The molecule has 2 N–H and O–H groups in total. The lowest BCUT2D eigenvalue weighted by Crippen LogP contribution is -2.22. The Hall–Kier alpha value is -1.32. The molecule has 1 atom stereocenters. The van der Waals surface area contributed by atoms with Crippen LogP contribution < -0.4 is 5.73 Å². The fraction of sp³-hybridized carbons (Fsp3) is 0.529. The van der Waals surface area contributed by atoms with Gasteiger partial charge in [-0.3, -0.25) is 4.90 Å². The van der Waals surface area contributed by atoms with Gasteiger partial charge in [0, 0.05) is 24.0 Å². The van der Waals surface area contributed by atoms with Gasteiger partial charge in [0.15, 0.2) is 0 Å². The molecule has 1 fully saturated rings. The summed E-state index contributed by atoms with van der Waals surface area (Å²) >= 11 is 0. The zero-order chi connectivity index (χ0) is 14.1. The number of para-hydroxylation sites is 1. The molecule has 108 valence electrons. The van der Waals surface area contributed by atoms with E-state index in [1.54, 1.807) is 0 Å². The molecule has 1 unspecified atom stereocenters. The Labute approximate surface area is 120 Å². The fourth-order valence-corrected chi connectivity index (χ4v) is 3.25. The van der Waals surface area contributed by atoms with E-state index < -0.39 is 0 Å². The van der Waals surface area contributed by atoms with Crippen molar-refractivity contribution in [1.82, 2.24) is 4.90 Å². The van der Waals surface area contributed by atoms with Crippen molar-refractivity contribution >= 4 is 11.0 Å². The Balaban J connectivity index is 1.81. The van der Waals surface area contributed by atoms with Crippen LogP contribution in [-0.4, -0.2) is 18.0 Å². The predicted octanol–water partition coefficient (Wildman–Crippen LogP) is 3.37. The summed E-state index contributed by atoms with van der Waals surface area (Å²) in [6.45, 7) is 8.43. The molecule has 2 aromatic rings. The van der Waals surface area contributed by atoms with Crippen molar-refractivity contribution in [3.05, 3.63) is 35.6 Å². The van der Waals surface area contributed by atoms with Crippen molar-refractivity contribution in [2.24, 2.45) is 17.6 Å². The minimum absolute atomic E-state index is 0.549. The number of benzene rings is 1. The van der Waals surface area contributed by atoms with Gasteiger partial charge in [0.25, 0.3) is 0 Å². The van der Waals surface area contributed by atoms with E-state index in [0.717, 1.165) is 29.7 Å². The molecule has 3 heteroatoms. The first-order valence-corrected chi connectivity index (χ1v) is 7.60. The third-order valence-corrected chi connectivity index (χ3v) is 4.60. The van der Waals surface area contributed by atoms with Gasteiger partial charge in [-0.1, -0.05) is 32.0 Å². The third kappa shape index (κ3) is 2.48. The molecular weight excluding hydrogens is 248 g/mol. The van der Waals surface area contributed by atoms with Crippen LogP contribution in [-0.2, 0) is 13.1 Å². The first-order valence-electron chi connectivity index (χ1n) is 7.60. The topological polar surface area (TPSA) is 42.4 Å². The largest absolute Gasteiger partial charge is 0.459 e. The van der Waals surface area contributed by atoms with E-state index in [4.69, 9.17) is 10.2 Å². The highest BCUT2D eigenvalue weighted by molar-refractivity contribution is 5.82. The number of nitrogens with two attached hydrogens (primary N) is 1. The second-order valence-corrected chi connectivity index (χ2v) is 6.23. The van der Waals surface area contributed by atoms with Crippen LogP contribution in [0.4, 0.5) is 0 Å². The molecule has 0 spiro atoms. The lowest BCUT2D eigenvalue weighted by Gasteiger charge is -2.17. The van der Waals surface area contributed by atoms with Crippen molar-refractivity contribution in [1.29, 1.82) is 0 Å². The molecule has 0 bridgehead atoms. The second kappa shape index (κ2) is 5.58. The summed E-state index contributed by atoms with van der Waals surface area (Å²) in [4.78, 5) is 2.50. The van der Waals surface area contributed by atoms with Gasteiger partial charge in [0.2, 0.25) is 0 Å². The number of hydrogen-bond acceptors (Lipinski definition) is 3. The number of furan rings is 1. The van der Waals surface area contributed by atoms with Crippen LogP contribution in [0.3, 0.4) is 0 Å². The van der Waals surface area contributed by atoms with Gasteiger partial charge in [-0.15, -0.1) is 0 Å². The Morgan fingerprint density at radius 3 is 2.85 bits per heavy atom. The van der Waals surface area contributed by atoms with Gasteiger partial charge in [0.1, 0.15) is 11.3 Å². The molecule has 3 nitrogen and oxygen atoms in total. The zero-order valence-corrected chi connectivity index (χ0v) is 12.4. The number of likely N-dealkylation sites (tertiary alicyclic amines) is 1. The van der Waals surface area contributed by atoms with Crippen LogP contribution in [0.2, 0.25) is 0 Å². The van der Waals surface area contributed by atoms with E-state index in [1.165, 1.54) is 30.5 Å². The lowest BCUT2D eigenvalue weighted by atomic mass is 9.95. The minimum atomic E-state index is 0.549. The Kier molecular flexibility index (Phi) is 3.81. The van der Waals surface area contributed by atoms with E-state index in [-0.39, 0.29) is 0 Å². The summed E-state index contributed by atoms with van der Waals surface area (Å²) < 4.78 is 6.03. The van der Waals surface area contributed by atoms with Crippen LogP contribution in [0.15, 0.2) is 28.7 Å². The number of nitrogens with zero attached hydrogens (tertiary/aromatic N) is 1. The van der Waals surface area contributed by atoms with Gasteiger partial charge in [-0.05, 0) is 30.9 Å². The summed E-state index contributed by atoms with van der Waals surface area (Å²) in [5.41, 5.74) is 8.07. The molecule has 3 rings (SSSR count). The molecule has 1 aromatic carbocycles. The van der Waals surface area contributed by atoms with Gasteiger partial charge in [-0.25, -0.2) is 0 Å². The fourth-order valence-electron chi connectivity index (χ4n) is 3.25. The summed E-state index contributed by atoms with van der Waals surface area (Å²) in [6.07, 6.45) is 1.30. The van der Waals surface area contributed by atoms with Gasteiger partial charge in [-0.2, -0.15) is 0 Å². The summed E-state index contributed by atoms with van der Waals surface area (Å²) in [7, 11) is 0. The molecule has 1 aliphatic rings. The maximum Gasteiger partial charge on any atom is 0.134 e. The summed E-state index contributed by atoms with van der Waals surface area (Å²) in [6, 6.07) is 8.19. The van der Waals surface area contributed by atoms with Crippen LogP contribution in [0.1, 0.15) is 31.6 Å². The highest BCUT2D eigenvalue weighted by Gasteiger charge is 2.26.